The summed E-state index contributed by atoms with van der Waals surface area (Å²) in [4.78, 5) is 0. The largest absolute Gasteiger partial charge is 0.486 e. The first-order chi connectivity index (χ1) is 9.74. The fraction of sp³-hybridized carbons (Fsp3) is 0.600. The van der Waals surface area contributed by atoms with Gasteiger partial charge in [-0.25, -0.2) is 0 Å². The summed E-state index contributed by atoms with van der Waals surface area (Å²) < 4.78 is 17.6. The first kappa shape index (κ1) is 14.2. The summed E-state index contributed by atoms with van der Waals surface area (Å²) in [7, 11) is 0. The van der Waals surface area contributed by atoms with Gasteiger partial charge in [-0.2, -0.15) is 0 Å². The predicted octanol–water partition coefficient (Wildman–Crippen LogP) is 3.21. The van der Waals surface area contributed by atoms with E-state index in [-0.39, 0.29) is 0 Å². The van der Waals surface area contributed by atoms with Crippen molar-refractivity contribution >= 4 is 15.9 Å². The number of benzene rings is 1. The fourth-order valence-electron chi connectivity index (χ4n) is 2.71. The van der Waals surface area contributed by atoms with E-state index in [2.05, 4.69) is 15.9 Å². The van der Waals surface area contributed by atoms with E-state index in [1.807, 2.05) is 12.1 Å². The highest BCUT2D eigenvalue weighted by atomic mass is 79.9. The lowest BCUT2D eigenvalue weighted by Crippen LogP contribution is -2.16. The van der Waals surface area contributed by atoms with Crippen LogP contribution in [0.2, 0.25) is 0 Å². The average Bonchev–Trinajstić information content (AvgIpc) is 2.98. The number of hydrogen-bond donors (Lipinski definition) is 1. The average molecular weight is 343 g/mol. The summed E-state index contributed by atoms with van der Waals surface area (Å²) >= 11 is 3.48. The monoisotopic (exact) mass is 342 g/mol. The van der Waals surface area contributed by atoms with Crippen molar-refractivity contribution in [2.24, 2.45) is 0 Å². The quantitative estimate of drug-likeness (QED) is 0.912. The summed E-state index contributed by atoms with van der Waals surface area (Å²) in [6.07, 6.45) is 3.66. The van der Waals surface area contributed by atoms with Crippen LogP contribution in [-0.2, 0) is 4.74 Å². The SMILES string of the molecule is OC(CCC1CCCO1)c1cc(Br)c2c(c1)OCCO2. The van der Waals surface area contributed by atoms with Gasteiger partial charge in [0.25, 0.3) is 0 Å². The second-order valence-corrected chi connectivity index (χ2v) is 6.11. The van der Waals surface area contributed by atoms with Crippen LogP contribution in [0.25, 0.3) is 0 Å². The van der Waals surface area contributed by atoms with Crippen molar-refractivity contribution in [1.29, 1.82) is 0 Å². The number of ether oxygens (including phenoxy) is 3. The summed E-state index contributed by atoms with van der Waals surface area (Å²) in [6, 6.07) is 3.78. The molecule has 5 heteroatoms. The molecule has 4 nitrogen and oxygen atoms in total. The summed E-state index contributed by atoms with van der Waals surface area (Å²) in [5.41, 5.74) is 0.860. The van der Waals surface area contributed by atoms with Gasteiger partial charge in [-0.15, -0.1) is 0 Å². The molecule has 1 aromatic carbocycles. The van der Waals surface area contributed by atoms with Gasteiger partial charge in [0.1, 0.15) is 13.2 Å². The highest BCUT2D eigenvalue weighted by molar-refractivity contribution is 9.10. The number of fused-ring (bicyclic) bond motifs is 1. The Labute approximate surface area is 127 Å². The van der Waals surface area contributed by atoms with E-state index in [1.165, 1.54) is 0 Å². The maximum atomic E-state index is 10.3. The molecule has 2 aliphatic heterocycles. The lowest BCUT2D eigenvalue weighted by atomic mass is 10.0. The molecule has 2 unspecified atom stereocenters. The predicted molar refractivity (Wildman–Crippen MR) is 78.3 cm³/mol. The van der Waals surface area contributed by atoms with E-state index in [9.17, 15) is 5.11 Å². The van der Waals surface area contributed by atoms with Crippen LogP contribution >= 0.6 is 15.9 Å². The molecule has 1 N–H and O–H groups in total. The third kappa shape index (κ3) is 3.10. The highest BCUT2D eigenvalue weighted by Crippen LogP contribution is 2.40. The first-order valence-electron chi connectivity index (χ1n) is 7.13. The standard InChI is InChI=1S/C15H19BrO4/c16-12-8-10(9-14-15(12)20-7-6-19-14)13(17)4-3-11-2-1-5-18-11/h8-9,11,13,17H,1-7H2. The Kier molecular flexibility index (Phi) is 4.48. The van der Waals surface area contributed by atoms with Crippen LogP contribution < -0.4 is 9.47 Å². The van der Waals surface area contributed by atoms with Gasteiger partial charge in [-0.3, -0.25) is 0 Å². The van der Waals surface area contributed by atoms with Crippen LogP contribution in [0, 0.1) is 0 Å². The zero-order valence-electron chi connectivity index (χ0n) is 11.3. The van der Waals surface area contributed by atoms with Crippen molar-refractivity contribution in [3.8, 4) is 11.5 Å². The first-order valence-corrected chi connectivity index (χ1v) is 7.92. The van der Waals surface area contributed by atoms with Crippen LogP contribution in [0.15, 0.2) is 16.6 Å². The molecule has 1 aromatic rings. The molecular weight excluding hydrogens is 324 g/mol. The molecule has 0 saturated carbocycles. The smallest absolute Gasteiger partial charge is 0.175 e. The molecule has 1 saturated heterocycles. The van der Waals surface area contributed by atoms with Gasteiger partial charge in [0.2, 0.25) is 0 Å². The number of halogens is 1. The van der Waals surface area contributed by atoms with Crippen molar-refractivity contribution < 1.29 is 19.3 Å². The van der Waals surface area contributed by atoms with E-state index in [1.54, 1.807) is 0 Å². The molecule has 2 atom stereocenters. The Morgan fingerprint density at radius 2 is 2.10 bits per heavy atom. The summed E-state index contributed by atoms with van der Waals surface area (Å²) in [5.74, 6) is 1.43. The van der Waals surface area contributed by atoms with Gasteiger partial charge in [-0.05, 0) is 59.3 Å². The normalized spacial score (nSPS) is 22.8. The van der Waals surface area contributed by atoms with Gasteiger partial charge in [0.15, 0.2) is 11.5 Å². The maximum Gasteiger partial charge on any atom is 0.175 e. The molecule has 1 fully saturated rings. The van der Waals surface area contributed by atoms with Gasteiger partial charge < -0.3 is 19.3 Å². The molecule has 0 aliphatic carbocycles. The summed E-state index contributed by atoms with van der Waals surface area (Å²) in [6.45, 7) is 1.97. The zero-order valence-corrected chi connectivity index (χ0v) is 12.9. The third-order valence-electron chi connectivity index (χ3n) is 3.79. The van der Waals surface area contributed by atoms with Gasteiger partial charge in [-0.1, -0.05) is 0 Å². The topological polar surface area (TPSA) is 47.9 Å². The van der Waals surface area contributed by atoms with Crippen LogP contribution in [-0.4, -0.2) is 31.0 Å². The lowest BCUT2D eigenvalue weighted by Gasteiger charge is -2.22. The van der Waals surface area contributed by atoms with Crippen LogP contribution in [0.3, 0.4) is 0 Å². The third-order valence-corrected chi connectivity index (χ3v) is 4.38. The van der Waals surface area contributed by atoms with Crippen LogP contribution in [0.5, 0.6) is 11.5 Å². The molecule has 0 aromatic heterocycles. The molecule has 3 rings (SSSR count). The summed E-state index contributed by atoms with van der Waals surface area (Å²) in [5, 5.41) is 10.3. The van der Waals surface area contributed by atoms with E-state index < -0.39 is 6.10 Å². The molecule has 0 spiro atoms. The number of aliphatic hydroxyl groups excluding tert-OH is 1. The number of rotatable bonds is 4. The van der Waals surface area contributed by atoms with Crippen LogP contribution in [0.4, 0.5) is 0 Å². The highest BCUT2D eigenvalue weighted by Gasteiger charge is 2.21. The van der Waals surface area contributed by atoms with Crippen molar-refractivity contribution in [1.82, 2.24) is 0 Å². The Morgan fingerprint density at radius 3 is 2.90 bits per heavy atom. The van der Waals surface area contributed by atoms with Crippen LogP contribution in [0.1, 0.15) is 37.4 Å². The minimum Gasteiger partial charge on any atom is -0.486 e. The Bertz CT molecular complexity index is 471. The van der Waals surface area contributed by atoms with Crippen molar-refractivity contribution in [3.05, 3.63) is 22.2 Å². The molecule has 0 bridgehead atoms. The second kappa shape index (κ2) is 6.33. The minimum absolute atomic E-state index is 0.310. The molecule has 2 heterocycles. The maximum absolute atomic E-state index is 10.3. The second-order valence-electron chi connectivity index (χ2n) is 5.26. The van der Waals surface area contributed by atoms with Crippen molar-refractivity contribution in [2.75, 3.05) is 19.8 Å². The minimum atomic E-state index is -0.494. The van der Waals surface area contributed by atoms with E-state index in [4.69, 9.17) is 14.2 Å². The number of hydrogen-bond acceptors (Lipinski definition) is 4. The molecular formula is C15H19BrO4. The lowest BCUT2D eigenvalue weighted by molar-refractivity contribution is 0.0810. The van der Waals surface area contributed by atoms with Gasteiger partial charge >= 0.3 is 0 Å². The Hall–Kier alpha value is -0.780. The van der Waals surface area contributed by atoms with Gasteiger partial charge in [0, 0.05) is 6.61 Å². The van der Waals surface area contributed by atoms with E-state index in [0.29, 0.717) is 31.5 Å². The Morgan fingerprint density at radius 1 is 1.25 bits per heavy atom. The number of aliphatic hydroxyl groups is 1. The zero-order chi connectivity index (χ0) is 13.9. The van der Waals surface area contributed by atoms with Crippen molar-refractivity contribution in [3.63, 3.8) is 0 Å². The Balaban J connectivity index is 1.67. The molecule has 0 radical (unpaired) electrons. The molecule has 2 aliphatic rings. The fourth-order valence-corrected chi connectivity index (χ4v) is 3.28. The van der Waals surface area contributed by atoms with E-state index >= 15 is 0 Å². The van der Waals surface area contributed by atoms with Gasteiger partial charge in [0.05, 0.1) is 16.7 Å². The molecule has 0 amide bonds. The van der Waals surface area contributed by atoms with E-state index in [0.717, 1.165) is 41.7 Å². The molecule has 110 valence electrons. The molecule has 20 heavy (non-hydrogen) atoms. The van der Waals surface area contributed by atoms with Crippen molar-refractivity contribution in [2.45, 2.75) is 37.9 Å².